The van der Waals surface area contributed by atoms with Gasteiger partial charge in [0.2, 0.25) is 0 Å². The van der Waals surface area contributed by atoms with E-state index in [0.717, 1.165) is 12.5 Å². The number of hydrogen-bond donors (Lipinski definition) is 0. The van der Waals surface area contributed by atoms with E-state index in [1.165, 1.54) is 49.1 Å². The molecule has 1 unspecified atom stereocenters. The summed E-state index contributed by atoms with van der Waals surface area (Å²) >= 11 is 1.47. The van der Waals surface area contributed by atoms with E-state index in [1.54, 1.807) is 0 Å². The fourth-order valence-corrected chi connectivity index (χ4v) is 1.61. The van der Waals surface area contributed by atoms with E-state index in [0.29, 0.717) is 0 Å². The monoisotopic (exact) mass is 250 g/mol. The molecule has 0 fully saturated rings. The van der Waals surface area contributed by atoms with Crippen molar-refractivity contribution in [3.8, 4) is 0 Å². The van der Waals surface area contributed by atoms with Crippen molar-refractivity contribution >= 4 is 23.4 Å². The van der Waals surface area contributed by atoms with Crippen LogP contribution < -0.4 is 0 Å². The standard InChI is InChI=1S/C8H17O.Sb/c1-3-5-6-8(4-2)7-9;/h8H,3-7H2,1-2H3;/q-1;+1. The van der Waals surface area contributed by atoms with Crippen molar-refractivity contribution in [1.82, 2.24) is 0 Å². The third-order valence-corrected chi connectivity index (χ3v) is 2.28. The van der Waals surface area contributed by atoms with Gasteiger partial charge in [-0.1, -0.05) is 0 Å². The average Bonchev–Trinajstić information content (AvgIpc) is 1.98. The molecular formula is C8H17OSb. The van der Waals surface area contributed by atoms with Gasteiger partial charge in [0.25, 0.3) is 0 Å². The predicted molar refractivity (Wildman–Crippen MR) is 45.0 cm³/mol. The van der Waals surface area contributed by atoms with Crippen molar-refractivity contribution < 1.29 is 3.02 Å². The normalized spacial score (nSPS) is 13.5. The first-order chi connectivity index (χ1) is 4.85. The maximum atomic E-state index is 5.14. The Hall–Kier alpha value is 0.778. The molecule has 2 heteroatoms. The van der Waals surface area contributed by atoms with Crippen molar-refractivity contribution in [2.75, 3.05) is 6.61 Å². The van der Waals surface area contributed by atoms with Crippen LogP contribution in [0, 0.1) is 5.92 Å². The fourth-order valence-electron chi connectivity index (χ4n) is 1.00. The van der Waals surface area contributed by atoms with Crippen LogP contribution in [-0.2, 0) is 3.02 Å². The van der Waals surface area contributed by atoms with E-state index < -0.39 is 0 Å². The molecule has 0 aromatic rings. The van der Waals surface area contributed by atoms with Crippen molar-refractivity contribution in [2.24, 2.45) is 5.92 Å². The summed E-state index contributed by atoms with van der Waals surface area (Å²) in [4.78, 5) is 0. The van der Waals surface area contributed by atoms with Crippen LogP contribution >= 0.6 is 0 Å². The molecule has 0 saturated carbocycles. The van der Waals surface area contributed by atoms with Gasteiger partial charge in [-0.25, -0.2) is 0 Å². The topological polar surface area (TPSA) is 9.23 Å². The van der Waals surface area contributed by atoms with Crippen LogP contribution in [0.5, 0.6) is 0 Å². The van der Waals surface area contributed by atoms with Crippen molar-refractivity contribution in [3.05, 3.63) is 0 Å². The van der Waals surface area contributed by atoms with Gasteiger partial charge in [0.15, 0.2) is 0 Å². The summed E-state index contributed by atoms with van der Waals surface area (Å²) in [6, 6.07) is 0. The van der Waals surface area contributed by atoms with Gasteiger partial charge in [0.1, 0.15) is 0 Å². The minimum absolute atomic E-state index is 0.809. The van der Waals surface area contributed by atoms with Crippen molar-refractivity contribution in [1.29, 1.82) is 0 Å². The molecule has 0 saturated heterocycles. The summed E-state index contributed by atoms with van der Waals surface area (Å²) in [5.41, 5.74) is 0. The van der Waals surface area contributed by atoms with Crippen LogP contribution in [0.15, 0.2) is 0 Å². The molecule has 0 spiro atoms. The molecule has 1 nitrogen and oxygen atoms in total. The number of unbranched alkanes of at least 4 members (excludes halogenated alkanes) is 1. The maximum absolute atomic E-state index is 5.14. The second-order valence-corrected chi connectivity index (χ2v) is 3.45. The summed E-state index contributed by atoms with van der Waals surface area (Å²) in [6.07, 6.45) is 5.27. The zero-order valence-electron chi connectivity index (χ0n) is 6.97. The van der Waals surface area contributed by atoms with Gasteiger partial charge in [0, 0.05) is 0 Å². The SMILES string of the molecule is CCCCC(CC)C[O][Sb]. The molecule has 0 aliphatic rings. The first-order valence-electron chi connectivity index (χ1n) is 4.11. The van der Waals surface area contributed by atoms with E-state index in [9.17, 15) is 0 Å². The Labute approximate surface area is 78.6 Å². The molecule has 0 aromatic heterocycles. The summed E-state index contributed by atoms with van der Waals surface area (Å²) in [5, 5.41) is 0. The van der Waals surface area contributed by atoms with Crippen LogP contribution in [0.4, 0.5) is 0 Å². The Morgan fingerprint density at radius 2 is 2.10 bits per heavy atom. The van der Waals surface area contributed by atoms with Crippen molar-refractivity contribution in [2.45, 2.75) is 39.5 Å². The second-order valence-electron chi connectivity index (χ2n) is 2.71. The Morgan fingerprint density at radius 3 is 2.50 bits per heavy atom. The van der Waals surface area contributed by atoms with Crippen LogP contribution in [0.1, 0.15) is 39.5 Å². The molecule has 0 amide bonds. The molecule has 2 radical (unpaired) electrons. The summed E-state index contributed by atoms with van der Waals surface area (Å²) in [5.74, 6) is 0.809. The van der Waals surface area contributed by atoms with Crippen LogP contribution in [-0.4, -0.2) is 30.0 Å². The molecule has 0 bridgehead atoms. The Bertz CT molecular complexity index is 66.3. The van der Waals surface area contributed by atoms with Crippen LogP contribution in [0.3, 0.4) is 0 Å². The van der Waals surface area contributed by atoms with Gasteiger partial charge in [-0.3, -0.25) is 0 Å². The Kier molecular flexibility index (Phi) is 8.49. The Balaban J connectivity index is 3.21. The first-order valence-corrected chi connectivity index (χ1v) is 5.15. The summed E-state index contributed by atoms with van der Waals surface area (Å²) < 4.78 is 5.14. The summed E-state index contributed by atoms with van der Waals surface area (Å²) in [7, 11) is 0. The molecule has 1 atom stereocenters. The van der Waals surface area contributed by atoms with Gasteiger partial charge < -0.3 is 0 Å². The van der Waals surface area contributed by atoms with Gasteiger partial charge in [-0.2, -0.15) is 0 Å². The molecule has 0 aliphatic carbocycles. The van der Waals surface area contributed by atoms with E-state index in [4.69, 9.17) is 3.02 Å². The third-order valence-electron chi connectivity index (χ3n) is 1.85. The molecule has 0 aliphatic heterocycles. The van der Waals surface area contributed by atoms with Gasteiger partial charge in [-0.05, 0) is 0 Å². The van der Waals surface area contributed by atoms with Crippen LogP contribution in [0.25, 0.3) is 0 Å². The number of hydrogen-bond acceptors (Lipinski definition) is 1. The van der Waals surface area contributed by atoms with Gasteiger partial charge in [-0.15, -0.1) is 0 Å². The molecule has 60 valence electrons. The Morgan fingerprint density at radius 1 is 1.40 bits per heavy atom. The second kappa shape index (κ2) is 7.88. The quantitative estimate of drug-likeness (QED) is 0.658. The van der Waals surface area contributed by atoms with E-state index >= 15 is 0 Å². The van der Waals surface area contributed by atoms with E-state index in [-0.39, 0.29) is 0 Å². The average molecular weight is 251 g/mol. The molecule has 0 N–H and O–H groups in total. The zero-order chi connectivity index (χ0) is 7.82. The zero-order valence-corrected chi connectivity index (χ0v) is 9.52. The molecular weight excluding hydrogens is 234 g/mol. The van der Waals surface area contributed by atoms with Gasteiger partial charge in [0.05, 0.1) is 0 Å². The predicted octanol–water partition coefficient (Wildman–Crippen LogP) is 2.30. The van der Waals surface area contributed by atoms with Crippen LogP contribution in [0.2, 0.25) is 0 Å². The third kappa shape index (κ3) is 5.55. The van der Waals surface area contributed by atoms with Gasteiger partial charge >= 0.3 is 78.5 Å². The summed E-state index contributed by atoms with van der Waals surface area (Å²) in [6.45, 7) is 5.44. The first kappa shape index (κ1) is 10.8. The van der Waals surface area contributed by atoms with E-state index in [1.807, 2.05) is 0 Å². The van der Waals surface area contributed by atoms with E-state index in [2.05, 4.69) is 13.8 Å². The minimum atomic E-state index is 0.809. The van der Waals surface area contributed by atoms with Crippen molar-refractivity contribution in [3.63, 3.8) is 0 Å². The fraction of sp³-hybridized carbons (Fsp3) is 1.00. The molecule has 10 heavy (non-hydrogen) atoms. The molecule has 0 heterocycles. The molecule has 0 rings (SSSR count). The number of rotatable bonds is 6. The molecule has 0 aromatic carbocycles.